The van der Waals surface area contributed by atoms with Gasteiger partial charge in [-0.25, -0.2) is 9.18 Å². The summed E-state index contributed by atoms with van der Waals surface area (Å²) in [5.41, 5.74) is 0.0302. The number of hydrogen-bond acceptors (Lipinski definition) is 4. The van der Waals surface area contributed by atoms with Crippen molar-refractivity contribution in [3.63, 3.8) is 0 Å². The zero-order valence-corrected chi connectivity index (χ0v) is 17.5. The molecule has 0 bridgehead atoms. The van der Waals surface area contributed by atoms with Crippen LogP contribution in [0, 0.1) is 5.82 Å². The topological polar surface area (TPSA) is 71.5 Å². The predicted molar refractivity (Wildman–Crippen MR) is 101 cm³/mol. The van der Waals surface area contributed by atoms with Gasteiger partial charge in [0.1, 0.15) is 11.4 Å². The summed E-state index contributed by atoms with van der Waals surface area (Å²) in [6.45, 7) is 6.92. The third-order valence-corrected chi connectivity index (χ3v) is 4.66. The van der Waals surface area contributed by atoms with Crippen molar-refractivity contribution in [1.82, 2.24) is 15.2 Å². The van der Waals surface area contributed by atoms with Crippen LogP contribution in [0.4, 0.5) is 22.4 Å². The van der Waals surface area contributed by atoms with Gasteiger partial charge in [-0.3, -0.25) is 9.78 Å². The number of carbonyl (C=O) groups is 2. The van der Waals surface area contributed by atoms with E-state index in [1.165, 1.54) is 0 Å². The molecular formula is C20H27F4N3O3. The number of nitrogens with zero attached hydrogens (tertiary/aromatic N) is 2. The Balaban J connectivity index is 2.12. The Labute approximate surface area is 173 Å². The van der Waals surface area contributed by atoms with E-state index in [4.69, 9.17) is 4.74 Å². The number of aromatic nitrogens is 1. The lowest BCUT2D eigenvalue weighted by atomic mass is 9.98. The van der Waals surface area contributed by atoms with Gasteiger partial charge >= 0.3 is 18.2 Å². The predicted octanol–water partition coefficient (Wildman–Crippen LogP) is 4.29. The number of rotatable bonds is 5. The van der Waals surface area contributed by atoms with Gasteiger partial charge in [0.15, 0.2) is 0 Å². The van der Waals surface area contributed by atoms with Gasteiger partial charge in [-0.2, -0.15) is 13.2 Å². The van der Waals surface area contributed by atoms with Crippen molar-refractivity contribution >= 4 is 12.0 Å². The van der Waals surface area contributed by atoms with Gasteiger partial charge < -0.3 is 15.0 Å². The molecule has 0 aliphatic carbocycles. The van der Waals surface area contributed by atoms with Crippen molar-refractivity contribution < 1.29 is 31.9 Å². The Morgan fingerprint density at radius 2 is 2.00 bits per heavy atom. The Bertz CT molecular complexity index is 778. The number of aryl methyl sites for hydroxylation is 1. The molecule has 2 amide bonds. The zero-order valence-electron chi connectivity index (χ0n) is 17.5. The first kappa shape index (κ1) is 23.9. The molecule has 1 fully saturated rings. The molecular weight excluding hydrogens is 406 g/mol. The number of alkyl halides is 3. The van der Waals surface area contributed by atoms with Crippen LogP contribution in [0.2, 0.25) is 0 Å². The molecule has 0 saturated carbocycles. The van der Waals surface area contributed by atoms with Gasteiger partial charge in [0.2, 0.25) is 0 Å². The zero-order chi connectivity index (χ0) is 22.7. The Morgan fingerprint density at radius 1 is 1.33 bits per heavy atom. The van der Waals surface area contributed by atoms with Crippen molar-refractivity contribution in [2.24, 2.45) is 0 Å². The van der Waals surface area contributed by atoms with E-state index in [0.29, 0.717) is 25.0 Å². The summed E-state index contributed by atoms with van der Waals surface area (Å²) in [4.78, 5) is 28.4. The van der Waals surface area contributed by atoms with Crippen LogP contribution in [0.1, 0.15) is 64.3 Å². The molecule has 0 spiro atoms. The second-order valence-electron chi connectivity index (χ2n) is 8.43. The molecule has 10 heteroatoms. The standard InChI is InChI=1S/C20H27F4N3O3/c1-12(26-18(29)30-19(2,3)4)7-8-15-14(10-13(21)11-25-15)16-6-5-9-27(16)17(28)20(22,23)24/h10-12,16H,5-9H2,1-4H3,(H,26,29)/t12-,16-/m1/s1. The second-order valence-corrected chi connectivity index (χ2v) is 8.43. The average Bonchev–Trinajstić information content (AvgIpc) is 3.06. The third-order valence-electron chi connectivity index (χ3n) is 4.66. The van der Waals surface area contributed by atoms with E-state index >= 15 is 0 Å². The summed E-state index contributed by atoms with van der Waals surface area (Å²) in [6, 6.07) is -0.0523. The van der Waals surface area contributed by atoms with E-state index < -0.39 is 35.6 Å². The summed E-state index contributed by atoms with van der Waals surface area (Å²) >= 11 is 0. The molecule has 168 valence electrons. The summed E-state index contributed by atoms with van der Waals surface area (Å²) in [7, 11) is 0. The molecule has 30 heavy (non-hydrogen) atoms. The highest BCUT2D eigenvalue weighted by Gasteiger charge is 2.46. The largest absolute Gasteiger partial charge is 0.471 e. The average molecular weight is 433 g/mol. The van der Waals surface area contributed by atoms with Crippen molar-refractivity contribution in [3.8, 4) is 0 Å². The van der Waals surface area contributed by atoms with Crippen molar-refractivity contribution in [2.75, 3.05) is 6.54 Å². The van der Waals surface area contributed by atoms with Crippen LogP contribution in [-0.4, -0.2) is 46.2 Å². The molecule has 2 atom stereocenters. The van der Waals surface area contributed by atoms with E-state index in [1.807, 2.05) is 0 Å². The number of likely N-dealkylation sites (tertiary alicyclic amines) is 1. The molecule has 0 aromatic carbocycles. The number of carbonyl (C=O) groups excluding carboxylic acids is 2. The van der Waals surface area contributed by atoms with Crippen LogP contribution < -0.4 is 5.32 Å². The van der Waals surface area contributed by atoms with Crippen LogP contribution in [0.15, 0.2) is 12.3 Å². The molecule has 1 aliphatic heterocycles. The minimum Gasteiger partial charge on any atom is -0.444 e. The van der Waals surface area contributed by atoms with E-state index in [2.05, 4.69) is 10.3 Å². The molecule has 1 aromatic rings. The minimum absolute atomic E-state index is 0.0461. The molecule has 1 aromatic heterocycles. The van der Waals surface area contributed by atoms with E-state index in [0.717, 1.165) is 17.2 Å². The first-order valence-corrected chi connectivity index (χ1v) is 9.79. The lowest BCUT2D eigenvalue weighted by Gasteiger charge is -2.27. The van der Waals surface area contributed by atoms with E-state index in [9.17, 15) is 27.2 Å². The minimum atomic E-state index is -4.99. The number of ether oxygens (including phenoxy) is 1. The van der Waals surface area contributed by atoms with Crippen LogP contribution in [0.3, 0.4) is 0 Å². The van der Waals surface area contributed by atoms with E-state index in [-0.39, 0.29) is 24.6 Å². The van der Waals surface area contributed by atoms with Crippen LogP contribution in [0.5, 0.6) is 0 Å². The molecule has 2 heterocycles. The van der Waals surface area contributed by atoms with Gasteiger partial charge in [-0.15, -0.1) is 0 Å². The fraction of sp³-hybridized carbons (Fsp3) is 0.650. The third kappa shape index (κ3) is 6.56. The Morgan fingerprint density at radius 3 is 2.60 bits per heavy atom. The van der Waals surface area contributed by atoms with Gasteiger partial charge in [0.25, 0.3) is 0 Å². The molecule has 1 N–H and O–H groups in total. The molecule has 1 saturated heterocycles. The maximum atomic E-state index is 13.8. The smallest absolute Gasteiger partial charge is 0.444 e. The number of nitrogens with one attached hydrogen (secondary N) is 1. The highest BCUT2D eigenvalue weighted by molar-refractivity contribution is 5.82. The number of alkyl carbamates (subject to hydrolysis) is 1. The number of amides is 2. The van der Waals surface area contributed by atoms with Crippen LogP contribution in [0.25, 0.3) is 0 Å². The highest BCUT2D eigenvalue weighted by atomic mass is 19.4. The second kappa shape index (κ2) is 9.18. The first-order valence-electron chi connectivity index (χ1n) is 9.79. The first-order chi connectivity index (χ1) is 13.8. The Hall–Kier alpha value is -2.39. The summed E-state index contributed by atoms with van der Waals surface area (Å²) < 4.78 is 57.8. The molecule has 1 aliphatic rings. The summed E-state index contributed by atoms with van der Waals surface area (Å²) in [5, 5.41) is 2.68. The fourth-order valence-corrected chi connectivity index (χ4v) is 3.41. The molecule has 6 nitrogen and oxygen atoms in total. The fourth-order valence-electron chi connectivity index (χ4n) is 3.41. The van der Waals surface area contributed by atoms with E-state index in [1.54, 1.807) is 27.7 Å². The van der Waals surface area contributed by atoms with Crippen molar-refractivity contribution in [2.45, 2.75) is 77.2 Å². The molecule has 0 unspecified atom stereocenters. The summed E-state index contributed by atoms with van der Waals surface area (Å²) in [6.07, 6.45) is -3.20. The Kier molecular flexibility index (Phi) is 7.31. The maximum Gasteiger partial charge on any atom is 0.471 e. The number of halogens is 4. The quantitative estimate of drug-likeness (QED) is 0.704. The number of pyridine rings is 1. The van der Waals surface area contributed by atoms with Gasteiger partial charge in [-0.1, -0.05) is 0 Å². The van der Waals surface area contributed by atoms with Crippen molar-refractivity contribution in [3.05, 3.63) is 29.3 Å². The highest BCUT2D eigenvalue weighted by Crippen LogP contribution is 2.36. The monoisotopic (exact) mass is 433 g/mol. The molecule has 0 radical (unpaired) electrons. The lowest BCUT2D eigenvalue weighted by Crippen LogP contribution is -2.41. The normalized spacial score (nSPS) is 18.3. The lowest BCUT2D eigenvalue weighted by molar-refractivity contribution is -0.186. The SMILES string of the molecule is C[C@H](CCc1ncc(F)cc1[C@H]1CCCN1C(=O)C(F)(F)F)NC(=O)OC(C)(C)C. The van der Waals surface area contributed by atoms with Crippen LogP contribution in [-0.2, 0) is 16.0 Å². The van der Waals surface area contributed by atoms with Gasteiger partial charge in [-0.05, 0) is 65.0 Å². The van der Waals surface area contributed by atoms with Gasteiger partial charge in [0.05, 0.1) is 12.2 Å². The number of hydrogen-bond donors (Lipinski definition) is 1. The maximum absolute atomic E-state index is 13.8. The molecule has 2 rings (SSSR count). The van der Waals surface area contributed by atoms with Crippen molar-refractivity contribution in [1.29, 1.82) is 0 Å². The summed E-state index contributed by atoms with van der Waals surface area (Å²) in [5.74, 6) is -2.61. The van der Waals surface area contributed by atoms with Crippen LogP contribution >= 0.6 is 0 Å². The van der Waals surface area contributed by atoms with Gasteiger partial charge in [0, 0.05) is 18.3 Å².